The van der Waals surface area contributed by atoms with Gasteiger partial charge in [0.25, 0.3) is 0 Å². The fraction of sp³-hybridized carbons (Fsp3) is 0.591. The molecule has 2 aromatic rings. The predicted octanol–water partition coefficient (Wildman–Crippen LogP) is 4.77. The summed E-state index contributed by atoms with van der Waals surface area (Å²) in [5.74, 6) is -2.82. The molecule has 228 valence electrons. The summed E-state index contributed by atoms with van der Waals surface area (Å²) in [6, 6.07) is 0. The Labute approximate surface area is 237 Å². The van der Waals surface area contributed by atoms with E-state index in [1.165, 1.54) is 11.8 Å². The van der Waals surface area contributed by atoms with Crippen LogP contribution >= 0.6 is 15.9 Å². The van der Waals surface area contributed by atoms with Crippen molar-refractivity contribution in [2.75, 3.05) is 18.4 Å². The van der Waals surface area contributed by atoms with E-state index in [0.717, 1.165) is 14.0 Å². The molecule has 2 aliphatic heterocycles. The molecule has 12 nitrogen and oxygen atoms in total. The van der Waals surface area contributed by atoms with Crippen molar-refractivity contribution >= 4 is 39.8 Å². The summed E-state index contributed by atoms with van der Waals surface area (Å²) in [7, 11) is 0. The third-order valence-electron chi connectivity index (χ3n) is 5.69. The largest absolute Gasteiger partial charge is 0.465 e. The van der Waals surface area contributed by atoms with Crippen LogP contribution in [0.5, 0.6) is 0 Å². The minimum atomic E-state index is -4.65. The van der Waals surface area contributed by atoms with E-state index in [9.17, 15) is 40.7 Å². The molecule has 41 heavy (non-hydrogen) atoms. The van der Waals surface area contributed by atoms with Gasteiger partial charge in [-0.25, -0.2) is 19.6 Å². The Bertz CT molecular complexity index is 1330. The first kappa shape index (κ1) is 32.0. The van der Waals surface area contributed by atoms with Crippen LogP contribution in [-0.2, 0) is 48.1 Å². The molecule has 4 heterocycles. The number of alkyl halides is 6. The molecule has 3 amide bonds. The number of nitrogens with zero attached hydrogens (tertiary/aromatic N) is 6. The molecule has 0 saturated heterocycles. The molecule has 0 fully saturated rings. The van der Waals surface area contributed by atoms with E-state index in [1.54, 1.807) is 20.8 Å². The standard InChI is InChI=1S/C14H19F3N4O3.C8H7BrF3N3O2/c1-8(22)18-10-9-7-20(12(23)24-13(2,3)4)5-6-21(9)11(19-10)14(15,16)17;9-5-4-3-14(7(16)17)1-2-15(4)6(13-5)8(10,11)12/h5-7H2,1-4H3,(H,18,22);1-3H2,(H,16,17). The van der Waals surface area contributed by atoms with Crippen molar-refractivity contribution in [2.24, 2.45) is 0 Å². The molecule has 0 unspecified atom stereocenters. The maximum atomic E-state index is 13.1. The number of carbonyl (C=O) groups is 3. The lowest BCUT2D eigenvalue weighted by Gasteiger charge is -2.31. The van der Waals surface area contributed by atoms with Crippen LogP contribution < -0.4 is 5.32 Å². The van der Waals surface area contributed by atoms with Crippen molar-refractivity contribution in [3.63, 3.8) is 0 Å². The highest BCUT2D eigenvalue weighted by Crippen LogP contribution is 2.35. The quantitative estimate of drug-likeness (QED) is 0.421. The van der Waals surface area contributed by atoms with Gasteiger partial charge in [0.2, 0.25) is 17.6 Å². The van der Waals surface area contributed by atoms with Gasteiger partial charge < -0.3 is 34.1 Å². The van der Waals surface area contributed by atoms with Crippen molar-refractivity contribution in [1.29, 1.82) is 0 Å². The second kappa shape index (κ2) is 11.4. The van der Waals surface area contributed by atoms with Crippen molar-refractivity contribution < 1.29 is 50.6 Å². The molecule has 19 heteroatoms. The van der Waals surface area contributed by atoms with E-state index in [2.05, 4.69) is 31.2 Å². The molecule has 0 bridgehead atoms. The first-order valence-corrected chi connectivity index (χ1v) is 12.7. The Morgan fingerprint density at radius 2 is 1.34 bits per heavy atom. The van der Waals surface area contributed by atoms with Crippen LogP contribution in [0.25, 0.3) is 0 Å². The third kappa shape index (κ3) is 7.62. The number of rotatable bonds is 1. The summed E-state index contributed by atoms with van der Waals surface area (Å²) in [6.07, 6.45) is -11.0. The van der Waals surface area contributed by atoms with Gasteiger partial charge in [-0.05, 0) is 36.7 Å². The first-order valence-electron chi connectivity index (χ1n) is 11.9. The molecule has 2 N–H and O–H groups in total. The van der Waals surface area contributed by atoms with Gasteiger partial charge in [0, 0.05) is 33.1 Å². The van der Waals surface area contributed by atoms with Gasteiger partial charge in [0.05, 0.1) is 24.5 Å². The highest BCUT2D eigenvalue weighted by atomic mass is 79.9. The van der Waals surface area contributed by atoms with Gasteiger partial charge in [0.1, 0.15) is 10.2 Å². The lowest BCUT2D eigenvalue weighted by Crippen LogP contribution is -2.42. The summed E-state index contributed by atoms with van der Waals surface area (Å²) < 4.78 is 84.4. The second-order valence-corrected chi connectivity index (χ2v) is 10.7. The van der Waals surface area contributed by atoms with E-state index in [0.29, 0.717) is 0 Å². The number of halogens is 7. The number of anilines is 1. The SMILES string of the molecule is CC(=O)Nc1nc(C(F)(F)F)n2c1CN(C(=O)OC(C)(C)C)CC2.O=C(O)N1CCn2c(C(F)(F)F)nc(Br)c2C1. The van der Waals surface area contributed by atoms with Gasteiger partial charge in [0.15, 0.2) is 5.82 Å². The number of hydrogen-bond donors (Lipinski definition) is 2. The van der Waals surface area contributed by atoms with Crippen LogP contribution in [0.1, 0.15) is 50.7 Å². The molecule has 0 radical (unpaired) electrons. The van der Waals surface area contributed by atoms with Crippen molar-refractivity contribution in [2.45, 2.75) is 71.8 Å². The van der Waals surface area contributed by atoms with Gasteiger partial charge in [-0.2, -0.15) is 26.3 Å². The Kier molecular flexibility index (Phi) is 8.90. The molecular formula is C22H26BrF6N7O5. The maximum Gasteiger partial charge on any atom is 0.449 e. The zero-order valence-electron chi connectivity index (χ0n) is 22.2. The van der Waals surface area contributed by atoms with Crippen LogP contribution in [0.4, 0.5) is 41.7 Å². The van der Waals surface area contributed by atoms with Gasteiger partial charge >= 0.3 is 24.5 Å². The number of carbonyl (C=O) groups excluding carboxylic acids is 2. The average molecular weight is 662 g/mol. The number of nitrogens with one attached hydrogen (secondary N) is 1. The lowest BCUT2D eigenvalue weighted by atomic mass is 10.2. The summed E-state index contributed by atoms with van der Waals surface area (Å²) in [5.41, 5.74) is -0.368. The molecule has 0 spiro atoms. The maximum absolute atomic E-state index is 13.1. The summed E-state index contributed by atoms with van der Waals surface area (Å²) in [4.78, 5) is 43.3. The number of amides is 3. The second-order valence-electron chi connectivity index (χ2n) is 9.99. The summed E-state index contributed by atoms with van der Waals surface area (Å²) in [5, 5.41) is 11.1. The molecule has 0 aromatic carbocycles. The number of ether oxygens (including phenoxy) is 1. The Hall–Kier alpha value is -3.51. The normalized spacial score (nSPS) is 15.4. The molecule has 2 aliphatic rings. The van der Waals surface area contributed by atoms with Crippen LogP contribution in [0.2, 0.25) is 0 Å². The molecule has 4 rings (SSSR count). The predicted molar refractivity (Wildman–Crippen MR) is 132 cm³/mol. The molecule has 2 aromatic heterocycles. The number of hydrogen-bond acceptors (Lipinski definition) is 6. The number of imidazole rings is 2. The molecule has 0 saturated carbocycles. The first-order chi connectivity index (χ1) is 18.7. The minimum absolute atomic E-state index is 0.0220. The molecule has 0 atom stereocenters. The highest BCUT2D eigenvalue weighted by molar-refractivity contribution is 9.10. The Balaban J connectivity index is 0.000000239. The molecule has 0 aliphatic carbocycles. The van der Waals surface area contributed by atoms with Gasteiger partial charge in [-0.3, -0.25) is 4.79 Å². The fourth-order valence-electron chi connectivity index (χ4n) is 4.04. The number of aromatic nitrogens is 4. The average Bonchev–Trinajstić information content (AvgIpc) is 3.35. The summed E-state index contributed by atoms with van der Waals surface area (Å²) >= 11 is 2.92. The number of carboxylic acid groups (broad SMARTS) is 1. The van der Waals surface area contributed by atoms with Crippen LogP contribution in [-0.4, -0.2) is 70.8 Å². The van der Waals surface area contributed by atoms with E-state index >= 15 is 0 Å². The highest BCUT2D eigenvalue weighted by Gasteiger charge is 2.42. The van der Waals surface area contributed by atoms with Crippen molar-refractivity contribution in [3.05, 3.63) is 27.6 Å². The smallest absolute Gasteiger partial charge is 0.449 e. The monoisotopic (exact) mass is 661 g/mol. The van der Waals surface area contributed by atoms with Crippen LogP contribution in [0.15, 0.2) is 4.60 Å². The van der Waals surface area contributed by atoms with Crippen LogP contribution in [0.3, 0.4) is 0 Å². The topological polar surface area (TPSA) is 135 Å². The fourth-order valence-corrected chi connectivity index (χ4v) is 4.55. The van der Waals surface area contributed by atoms with E-state index in [4.69, 9.17) is 9.84 Å². The molecular weight excluding hydrogens is 636 g/mol. The van der Waals surface area contributed by atoms with E-state index in [-0.39, 0.29) is 61.1 Å². The van der Waals surface area contributed by atoms with Crippen LogP contribution in [0, 0.1) is 0 Å². The zero-order chi connectivity index (χ0) is 31.1. The van der Waals surface area contributed by atoms with E-state index < -0.39 is 47.7 Å². The lowest BCUT2D eigenvalue weighted by molar-refractivity contribution is -0.148. The Morgan fingerprint density at radius 3 is 1.83 bits per heavy atom. The van der Waals surface area contributed by atoms with Gasteiger partial charge in [-0.1, -0.05) is 0 Å². The van der Waals surface area contributed by atoms with Gasteiger partial charge in [-0.15, -0.1) is 0 Å². The van der Waals surface area contributed by atoms with E-state index in [1.807, 2.05) is 0 Å². The van der Waals surface area contributed by atoms with Crippen molar-refractivity contribution in [3.8, 4) is 0 Å². The third-order valence-corrected chi connectivity index (χ3v) is 6.32. The zero-order valence-corrected chi connectivity index (χ0v) is 23.7. The number of fused-ring (bicyclic) bond motifs is 2. The Morgan fingerprint density at radius 1 is 0.854 bits per heavy atom. The van der Waals surface area contributed by atoms with Crippen molar-refractivity contribution in [1.82, 2.24) is 28.9 Å². The summed E-state index contributed by atoms with van der Waals surface area (Å²) in [6.45, 7) is 5.98. The minimum Gasteiger partial charge on any atom is -0.465 e.